The molecule has 0 saturated carbocycles. The van der Waals surface area contributed by atoms with Crippen LogP contribution in [0.3, 0.4) is 0 Å². The van der Waals surface area contributed by atoms with E-state index >= 15 is 0 Å². The Bertz CT molecular complexity index is 1680. The summed E-state index contributed by atoms with van der Waals surface area (Å²) in [7, 11) is 0. The standard InChI is InChI=1S/C32H32F6N4O3/c1-5-27(28-40-26-10-8-7-9-25(26)29(43)42(28)23-11-13-24(14-12-23)45-6-2)41(18-19(3)4)30(44)39-22-16-20(31(33,34)35)15-21(17-22)32(36,37)38/h7-17,19,27H,5-6,18H2,1-4H3,(H,39,44). The number of hydrogen-bond donors (Lipinski definition) is 1. The van der Waals surface area contributed by atoms with Gasteiger partial charge in [0.05, 0.1) is 40.4 Å². The molecule has 0 spiro atoms. The first-order valence-electron chi connectivity index (χ1n) is 14.3. The van der Waals surface area contributed by atoms with Crippen molar-refractivity contribution in [2.45, 2.75) is 52.5 Å². The lowest BCUT2D eigenvalue weighted by atomic mass is 10.1. The van der Waals surface area contributed by atoms with Gasteiger partial charge in [0, 0.05) is 12.2 Å². The minimum atomic E-state index is -5.09. The SMILES string of the molecule is CCOc1ccc(-n2c(C(CC)N(CC(C)C)C(=O)Nc3cc(C(F)(F)F)cc(C(F)(F)F)c3)nc3ccccc3c2=O)cc1. The van der Waals surface area contributed by atoms with Gasteiger partial charge >= 0.3 is 18.4 Å². The van der Waals surface area contributed by atoms with Gasteiger partial charge < -0.3 is 15.0 Å². The number of aromatic nitrogens is 2. The predicted molar refractivity (Wildman–Crippen MR) is 159 cm³/mol. The normalized spacial score (nSPS) is 12.8. The lowest BCUT2D eigenvalue weighted by Gasteiger charge is -2.33. The third-order valence-corrected chi connectivity index (χ3v) is 6.93. The molecule has 3 aromatic carbocycles. The highest BCUT2D eigenvalue weighted by molar-refractivity contribution is 5.90. The summed E-state index contributed by atoms with van der Waals surface area (Å²) >= 11 is 0. The number of carbonyl (C=O) groups excluding carboxylic acids is 1. The maximum absolute atomic E-state index is 13.9. The largest absolute Gasteiger partial charge is 0.494 e. The van der Waals surface area contributed by atoms with Crippen molar-refractivity contribution in [3.8, 4) is 11.4 Å². The van der Waals surface area contributed by atoms with E-state index < -0.39 is 46.8 Å². The van der Waals surface area contributed by atoms with Crippen molar-refractivity contribution >= 4 is 22.6 Å². The van der Waals surface area contributed by atoms with Crippen molar-refractivity contribution < 1.29 is 35.9 Å². The molecule has 1 N–H and O–H groups in total. The van der Waals surface area contributed by atoms with Crippen LogP contribution >= 0.6 is 0 Å². The molecule has 0 bridgehead atoms. The maximum Gasteiger partial charge on any atom is 0.416 e. The van der Waals surface area contributed by atoms with Gasteiger partial charge in [-0.25, -0.2) is 9.78 Å². The number of alkyl halides is 6. The number of nitrogens with one attached hydrogen (secondary N) is 1. The number of rotatable bonds is 9. The highest BCUT2D eigenvalue weighted by Crippen LogP contribution is 2.38. The summed E-state index contributed by atoms with van der Waals surface area (Å²) in [6.45, 7) is 7.63. The summed E-state index contributed by atoms with van der Waals surface area (Å²) in [6.07, 6.45) is -9.97. The van der Waals surface area contributed by atoms with E-state index in [-0.39, 0.29) is 30.8 Å². The summed E-state index contributed by atoms with van der Waals surface area (Å²) in [5.74, 6) is 0.557. The van der Waals surface area contributed by atoms with Gasteiger partial charge in [0.1, 0.15) is 11.6 Å². The Morgan fingerprint density at radius 1 is 0.933 bits per heavy atom. The zero-order valence-corrected chi connectivity index (χ0v) is 25.0. The number of benzene rings is 3. The van der Waals surface area contributed by atoms with Crippen molar-refractivity contribution in [1.29, 1.82) is 0 Å². The Hall–Kier alpha value is -4.55. The summed E-state index contributed by atoms with van der Waals surface area (Å²) in [5, 5.41) is 2.56. The summed E-state index contributed by atoms with van der Waals surface area (Å²) in [5.41, 5.74) is -3.44. The van der Waals surface area contributed by atoms with Crippen LogP contribution in [0, 0.1) is 5.92 Å². The van der Waals surface area contributed by atoms with Crippen LogP contribution in [0.1, 0.15) is 57.1 Å². The van der Waals surface area contributed by atoms with E-state index in [9.17, 15) is 35.9 Å². The zero-order chi connectivity index (χ0) is 33.1. The van der Waals surface area contributed by atoms with E-state index in [1.807, 2.05) is 6.92 Å². The highest BCUT2D eigenvalue weighted by atomic mass is 19.4. The van der Waals surface area contributed by atoms with Gasteiger partial charge in [-0.2, -0.15) is 26.3 Å². The molecule has 1 atom stereocenters. The molecule has 1 unspecified atom stereocenters. The Morgan fingerprint density at radius 2 is 1.53 bits per heavy atom. The number of nitrogens with zero attached hydrogens (tertiary/aromatic N) is 3. The second-order valence-corrected chi connectivity index (χ2v) is 10.7. The van der Waals surface area contributed by atoms with Crippen molar-refractivity contribution in [1.82, 2.24) is 14.5 Å². The molecule has 0 aliphatic heterocycles. The molecule has 4 aromatic rings. The number of amides is 2. The molecule has 240 valence electrons. The van der Waals surface area contributed by atoms with Crippen LogP contribution in [0.25, 0.3) is 16.6 Å². The van der Waals surface area contributed by atoms with Crippen LogP contribution in [-0.4, -0.2) is 33.6 Å². The highest BCUT2D eigenvalue weighted by Gasteiger charge is 2.37. The van der Waals surface area contributed by atoms with E-state index in [0.29, 0.717) is 41.1 Å². The molecular formula is C32H32F6N4O3. The summed E-state index contributed by atoms with van der Waals surface area (Å²) in [6, 6.07) is 12.3. The second-order valence-electron chi connectivity index (χ2n) is 10.7. The van der Waals surface area contributed by atoms with E-state index in [4.69, 9.17) is 9.72 Å². The molecular weight excluding hydrogens is 602 g/mol. The molecule has 2 amide bonds. The number of hydrogen-bond acceptors (Lipinski definition) is 4. The molecule has 1 aromatic heterocycles. The number of fused-ring (bicyclic) bond motifs is 1. The van der Waals surface area contributed by atoms with Gasteiger partial charge in [-0.3, -0.25) is 9.36 Å². The molecule has 0 aliphatic rings. The second kappa shape index (κ2) is 13.2. The quantitative estimate of drug-likeness (QED) is 0.188. The van der Waals surface area contributed by atoms with Crippen LogP contribution in [-0.2, 0) is 12.4 Å². The molecule has 0 radical (unpaired) electrons. The molecule has 45 heavy (non-hydrogen) atoms. The Kier molecular flexibility index (Phi) is 9.79. The Morgan fingerprint density at radius 3 is 2.07 bits per heavy atom. The van der Waals surface area contributed by atoms with Crippen LogP contribution in [0.2, 0.25) is 0 Å². The molecule has 0 aliphatic carbocycles. The minimum absolute atomic E-state index is 0.00902. The topological polar surface area (TPSA) is 76.5 Å². The van der Waals surface area contributed by atoms with Crippen LogP contribution < -0.4 is 15.6 Å². The Balaban J connectivity index is 1.86. The smallest absolute Gasteiger partial charge is 0.416 e. The van der Waals surface area contributed by atoms with Gasteiger partial charge in [-0.1, -0.05) is 32.9 Å². The van der Waals surface area contributed by atoms with Crippen molar-refractivity contribution in [3.63, 3.8) is 0 Å². The fourth-order valence-corrected chi connectivity index (χ4v) is 4.99. The number of carbonyl (C=O) groups is 1. The van der Waals surface area contributed by atoms with Crippen LogP contribution in [0.5, 0.6) is 5.75 Å². The first-order chi connectivity index (χ1) is 21.1. The molecule has 1 heterocycles. The molecule has 13 heteroatoms. The average molecular weight is 635 g/mol. The van der Waals surface area contributed by atoms with Gasteiger partial charge in [0.2, 0.25) is 0 Å². The predicted octanol–water partition coefficient (Wildman–Crippen LogP) is 8.46. The monoisotopic (exact) mass is 634 g/mol. The summed E-state index contributed by atoms with van der Waals surface area (Å²) < 4.78 is 87.9. The van der Waals surface area contributed by atoms with E-state index in [0.717, 1.165) is 0 Å². The van der Waals surface area contributed by atoms with Crippen molar-refractivity contribution in [2.75, 3.05) is 18.5 Å². The van der Waals surface area contributed by atoms with Crippen molar-refractivity contribution in [3.05, 3.63) is 94.0 Å². The first-order valence-corrected chi connectivity index (χ1v) is 14.3. The molecule has 7 nitrogen and oxygen atoms in total. The number of anilines is 1. The first kappa shape index (κ1) is 33.3. The maximum atomic E-state index is 13.9. The van der Waals surface area contributed by atoms with Gasteiger partial charge in [-0.15, -0.1) is 0 Å². The number of urea groups is 1. The molecule has 0 fully saturated rings. The summed E-state index contributed by atoms with van der Waals surface area (Å²) in [4.78, 5) is 33.7. The van der Waals surface area contributed by atoms with Crippen LogP contribution in [0.4, 0.5) is 36.8 Å². The third kappa shape index (κ3) is 7.58. The lowest BCUT2D eigenvalue weighted by molar-refractivity contribution is -0.143. The fourth-order valence-electron chi connectivity index (χ4n) is 4.99. The molecule has 4 rings (SSSR count). The number of para-hydroxylation sites is 1. The van der Waals surface area contributed by atoms with Crippen molar-refractivity contribution in [2.24, 2.45) is 5.92 Å². The third-order valence-electron chi connectivity index (χ3n) is 6.93. The fraction of sp³-hybridized carbons (Fsp3) is 0.344. The number of halogens is 6. The van der Waals surface area contributed by atoms with E-state index in [1.165, 1.54) is 9.47 Å². The molecule has 0 saturated heterocycles. The van der Waals surface area contributed by atoms with E-state index in [1.54, 1.807) is 69.3 Å². The van der Waals surface area contributed by atoms with Crippen LogP contribution in [0.15, 0.2) is 71.5 Å². The average Bonchev–Trinajstić information content (AvgIpc) is 2.97. The zero-order valence-electron chi connectivity index (χ0n) is 25.0. The lowest BCUT2D eigenvalue weighted by Crippen LogP contribution is -2.42. The van der Waals surface area contributed by atoms with Gasteiger partial charge in [-0.05, 0) is 73.9 Å². The van der Waals surface area contributed by atoms with Gasteiger partial charge in [0.25, 0.3) is 5.56 Å². The van der Waals surface area contributed by atoms with E-state index in [2.05, 4.69) is 5.32 Å². The Labute approximate surface area is 255 Å². The van der Waals surface area contributed by atoms with Gasteiger partial charge in [0.15, 0.2) is 0 Å². The minimum Gasteiger partial charge on any atom is -0.494 e. The number of ether oxygens (including phenoxy) is 1.